The maximum Gasteiger partial charge on any atom is 0.205 e. The zero-order chi connectivity index (χ0) is 17.5. The van der Waals surface area contributed by atoms with Gasteiger partial charge in [-0.25, -0.2) is 4.98 Å². The van der Waals surface area contributed by atoms with Gasteiger partial charge in [-0.2, -0.15) is 0 Å². The van der Waals surface area contributed by atoms with E-state index in [1.807, 2.05) is 53.1 Å². The van der Waals surface area contributed by atoms with Crippen LogP contribution >= 0.6 is 11.6 Å². The topological polar surface area (TPSA) is 45.5 Å². The molecule has 0 saturated carbocycles. The molecule has 0 unspecified atom stereocenters. The van der Waals surface area contributed by atoms with E-state index in [1.54, 1.807) is 7.11 Å². The quantitative estimate of drug-likeness (QED) is 0.540. The molecular weight excluding hydrogens is 340 g/mol. The summed E-state index contributed by atoms with van der Waals surface area (Å²) in [5.74, 6) is 0. The third-order valence-electron chi connectivity index (χ3n) is 3.80. The van der Waals surface area contributed by atoms with Crippen molar-refractivity contribution in [2.45, 2.75) is 19.9 Å². The van der Waals surface area contributed by atoms with Crippen molar-refractivity contribution in [3.8, 4) is 0 Å². The maximum atomic E-state index is 6.23. The standard InChI is InChI=1S/C19H21ClN2O3/c1-23-9-10-24-14-22-18-8-7-16(11-17(18)21-19(22)20)13-25-12-15-5-3-2-4-6-15/h2-8,11H,9-10,12-14H2,1H3. The molecule has 0 aliphatic rings. The van der Waals surface area contributed by atoms with Gasteiger partial charge in [0, 0.05) is 7.11 Å². The number of halogens is 1. The summed E-state index contributed by atoms with van der Waals surface area (Å²) in [6.45, 7) is 2.52. The fourth-order valence-corrected chi connectivity index (χ4v) is 2.75. The van der Waals surface area contributed by atoms with Crippen molar-refractivity contribution in [3.63, 3.8) is 0 Å². The summed E-state index contributed by atoms with van der Waals surface area (Å²) in [7, 11) is 1.64. The maximum absolute atomic E-state index is 6.23. The Balaban J connectivity index is 1.62. The number of aromatic nitrogens is 2. The van der Waals surface area contributed by atoms with Crippen molar-refractivity contribution in [3.05, 3.63) is 64.9 Å². The van der Waals surface area contributed by atoms with E-state index in [0.717, 1.165) is 22.2 Å². The third-order valence-corrected chi connectivity index (χ3v) is 4.09. The molecule has 0 fully saturated rings. The second-order valence-electron chi connectivity index (χ2n) is 5.64. The van der Waals surface area contributed by atoms with Gasteiger partial charge < -0.3 is 14.2 Å². The Morgan fingerprint density at radius 2 is 1.76 bits per heavy atom. The second kappa shape index (κ2) is 8.97. The molecule has 3 rings (SSSR count). The molecular formula is C19H21ClN2O3. The Bertz CT molecular complexity index is 805. The summed E-state index contributed by atoms with van der Waals surface area (Å²) in [5.41, 5.74) is 3.99. The zero-order valence-corrected chi connectivity index (χ0v) is 14.9. The number of hydrogen-bond acceptors (Lipinski definition) is 4. The fraction of sp³-hybridized carbons (Fsp3) is 0.316. The van der Waals surface area contributed by atoms with Crippen molar-refractivity contribution in [1.82, 2.24) is 9.55 Å². The number of hydrogen-bond donors (Lipinski definition) is 0. The van der Waals surface area contributed by atoms with Crippen molar-refractivity contribution in [2.75, 3.05) is 20.3 Å². The Labute approximate surface area is 152 Å². The molecule has 25 heavy (non-hydrogen) atoms. The zero-order valence-electron chi connectivity index (χ0n) is 14.2. The van der Waals surface area contributed by atoms with Crippen LogP contribution in [-0.2, 0) is 34.2 Å². The highest BCUT2D eigenvalue weighted by Crippen LogP contribution is 2.21. The molecule has 1 aromatic heterocycles. The predicted molar refractivity (Wildman–Crippen MR) is 97.5 cm³/mol. The van der Waals surface area contributed by atoms with Crippen LogP contribution in [-0.4, -0.2) is 29.9 Å². The number of benzene rings is 2. The van der Waals surface area contributed by atoms with Crippen LogP contribution < -0.4 is 0 Å². The molecule has 0 N–H and O–H groups in total. The molecule has 0 atom stereocenters. The number of rotatable bonds is 9. The van der Waals surface area contributed by atoms with Gasteiger partial charge in [0.05, 0.1) is 37.5 Å². The van der Waals surface area contributed by atoms with E-state index < -0.39 is 0 Å². The first-order valence-corrected chi connectivity index (χ1v) is 8.49. The third kappa shape index (κ3) is 4.80. The number of nitrogens with zero attached hydrogens (tertiary/aromatic N) is 2. The Hall–Kier alpha value is -1.92. The van der Waals surface area contributed by atoms with Gasteiger partial charge in [-0.15, -0.1) is 0 Å². The Morgan fingerprint density at radius 1 is 0.960 bits per heavy atom. The van der Waals surface area contributed by atoms with E-state index in [4.69, 9.17) is 25.8 Å². The number of ether oxygens (including phenoxy) is 3. The van der Waals surface area contributed by atoms with Crippen LogP contribution in [0.3, 0.4) is 0 Å². The van der Waals surface area contributed by atoms with Gasteiger partial charge in [0.15, 0.2) is 0 Å². The van der Waals surface area contributed by atoms with Gasteiger partial charge in [-0.1, -0.05) is 36.4 Å². The van der Waals surface area contributed by atoms with Gasteiger partial charge in [-0.05, 0) is 34.9 Å². The van der Waals surface area contributed by atoms with Crippen LogP contribution in [0.25, 0.3) is 11.0 Å². The van der Waals surface area contributed by atoms with Crippen LogP contribution in [0.2, 0.25) is 5.28 Å². The minimum Gasteiger partial charge on any atom is -0.382 e. The summed E-state index contributed by atoms with van der Waals surface area (Å²) < 4.78 is 18.1. The lowest BCUT2D eigenvalue weighted by atomic mass is 10.2. The van der Waals surface area contributed by atoms with Crippen LogP contribution in [0.15, 0.2) is 48.5 Å². The lowest BCUT2D eigenvalue weighted by molar-refractivity contribution is 0.0359. The second-order valence-corrected chi connectivity index (χ2v) is 5.98. The van der Waals surface area contributed by atoms with Crippen LogP contribution in [0.5, 0.6) is 0 Å². The number of methoxy groups -OCH3 is 1. The van der Waals surface area contributed by atoms with Gasteiger partial charge in [0.25, 0.3) is 0 Å². The van der Waals surface area contributed by atoms with Crippen molar-refractivity contribution in [1.29, 1.82) is 0 Å². The SMILES string of the molecule is COCCOCn1c(Cl)nc2cc(COCc3ccccc3)ccc21. The molecule has 2 aromatic carbocycles. The Morgan fingerprint density at radius 3 is 2.56 bits per heavy atom. The molecule has 6 heteroatoms. The average molecular weight is 361 g/mol. The molecule has 0 radical (unpaired) electrons. The summed E-state index contributed by atoms with van der Waals surface area (Å²) >= 11 is 6.23. The van der Waals surface area contributed by atoms with Crippen molar-refractivity contribution in [2.24, 2.45) is 0 Å². The summed E-state index contributed by atoms with van der Waals surface area (Å²) in [5, 5.41) is 0.412. The summed E-state index contributed by atoms with van der Waals surface area (Å²) in [4.78, 5) is 4.40. The van der Waals surface area contributed by atoms with Gasteiger partial charge in [0.1, 0.15) is 6.73 Å². The first-order valence-electron chi connectivity index (χ1n) is 8.11. The van der Waals surface area contributed by atoms with Gasteiger partial charge in [0.2, 0.25) is 5.28 Å². The van der Waals surface area contributed by atoms with E-state index in [1.165, 1.54) is 0 Å². The van der Waals surface area contributed by atoms with Crippen LogP contribution in [0.1, 0.15) is 11.1 Å². The van der Waals surface area contributed by atoms with Crippen LogP contribution in [0, 0.1) is 0 Å². The largest absolute Gasteiger partial charge is 0.382 e. The fourth-order valence-electron chi connectivity index (χ4n) is 2.52. The number of fused-ring (bicyclic) bond motifs is 1. The van der Waals surface area contributed by atoms with E-state index >= 15 is 0 Å². The smallest absolute Gasteiger partial charge is 0.205 e. The van der Waals surface area contributed by atoms with E-state index in [-0.39, 0.29) is 0 Å². The van der Waals surface area contributed by atoms with Crippen molar-refractivity contribution >= 4 is 22.6 Å². The van der Waals surface area contributed by atoms with E-state index in [0.29, 0.717) is 38.4 Å². The highest BCUT2D eigenvalue weighted by atomic mass is 35.5. The molecule has 0 spiro atoms. The van der Waals surface area contributed by atoms with Gasteiger partial charge >= 0.3 is 0 Å². The number of imidazole rings is 1. The minimum atomic E-state index is 0.350. The molecule has 0 saturated heterocycles. The molecule has 1 heterocycles. The normalized spacial score (nSPS) is 11.3. The molecule has 0 aliphatic carbocycles. The first-order chi connectivity index (χ1) is 12.3. The lowest BCUT2D eigenvalue weighted by Crippen LogP contribution is -2.07. The minimum absolute atomic E-state index is 0.350. The van der Waals surface area contributed by atoms with Crippen molar-refractivity contribution < 1.29 is 14.2 Å². The summed E-state index contributed by atoms with van der Waals surface area (Å²) in [6.07, 6.45) is 0. The lowest BCUT2D eigenvalue weighted by Gasteiger charge is -2.08. The molecule has 5 nitrogen and oxygen atoms in total. The predicted octanol–water partition coefficient (Wildman–Crippen LogP) is 4.03. The first kappa shape index (κ1) is 17.9. The molecule has 0 bridgehead atoms. The summed E-state index contributed by atoms with van der Waals surface area (Å²) in [6, 6.07) is 16.1. The highest BCUT2D eigenvalue weighted by molar-refractivity contribution is 6.29. The molecule has 132 valence electrons. The van der Waals surface area contributed by atoms with Crippen LogP contribution in [0.4, 0.5) is 0 Å². The molecule has 0 amide bonds. The van der Waals surface area contributed by atoms with Gasteiger partial charge in [-0.3, -0.25) is 4.57 Å². The van der Waals surface area contributed by atoms with E-state index in [9.17, 15) is 0 Å². The Kier molecular flexibility index (Phi) is 6.42. The van der Waals surface area contributed by atoms with E-state index in [2.05, 4.69) is 4.98 Å². The monoisotopic (exact) mass is 360 g/mol. The molecule has 3 aromatic rings. The molecule has 0 aliphatic heterocycles. The average Bonchev–Trinajstić information content (AvgIpc) is 2.94. The highest BCUT2D eigenvalue weighted by Gasteiger charge is 2.09.